The van der Waals surface area contributed by atoms with E-state index in [1.165, 1.54) is 34.7 Å². The molecule has 0 amide bonds. The molecule has 0 atom stereocenters. The van der Waals surface area contributed by atoms with Gasteiger partial charge in [0.05, 0.1) is 10.6 Å². The minimum atomic E-state index is -3.82. The van der Waals surface area contributed by atoms with E-state index in [0.717, 1.165) is 0 Å². The topological polar surface area (TPSA) is 63.5 Å². The van der Waals surface area contributed by atoms with Crippen LogP contribution in [-0.4, -0.2) is 23.3 Å². The Morgan fingerprint density at radius 3 is 2.35 bits per heavy atom. The largest absolute Gasteiger partial charge is 0.304 e. The van der Waals surface area contributed by atoms with Gasteiger partial charge in [-0.05, 0) is 56.7 Å². The van der Waals surface area contributed by atoms with Crippen molar-refractivity contribution in [2.45, 2.75) is 31.2 Å². The maximum atomic E-state index is 15.0. The summed E-state index contributed by atoms with van der Waals surface area (Å²) in [4.78, 5) is 4.25. The van der Waals surface area contributed by atoms with E-state index in [9.17, 15) is 12.8 Å². The van der Waals surface area contributed by atoms with Crippen LogP contribution in [0.15, 0.2) is 71.9 Å². The first-order chi connectivity index (χ1) is 14.5. The van der Waals surface area contributed by atoms with Crippen LogP contribution >= 0.6 is 0 Å². The molecule has 8 heteroatoms. The van der Waals surface area contributed by atoms with Gasteiger partial charge in [0.2, 0.25) is 10.0 Å². The highest BCUT2D eigenvalue weighted by atomic mass is 32.2. The monoisotopic (exact) mass is 441 g/mol. The van der Waals surface area contributed by atoms with Crippen LogP contribution in [0.1, 0.15) is 20.8 Å². The highest BCUT2D eigenvalue weighted by Gasteiger charge is 2.25. The minimum absolute atomic E-state index is 0.0619. The molecule has 4 rings (SSSR count). The molecule has 0 saturated heterocycles. The third kappa shape index (κ3) is 4.22. The zero-order valence-corrected chi connectivity index (χ0v) is 18.0. The Morgan fingerprint density at radius 2 is 1.68 bits per heavy atom. The second-order valence-electron chi connectivity index (χ2n) is 8.26. The van der Waals surface area contributed by atoms with Gasteiger partial charge in [0.15, 0.2) is 11.5 Å². The molecule has 160 valence electrons. The number of nitrogens with zero attached hydrogens (tertiary/aromatic N) is 2. The van der Waals surface area contributed by atoms with Crippen molar-refractivity contribution in [1.29, 1.82) is 0 Å². The third-order valence-electron chi connectivity index (χ3n) is 4.61. The molecule has 2 heterocycles. The fraction of sp³-hybridized carbons (Fsp3) is 0.174. The summed E-state index contributed by atoms with van der Waals surface area (Å²) in [6.07, 6.45) is 3.17. The van der Waals surface area contributed by atoms with E-state index in [2.05, 4.69) is 9.71 Å². The summed E-state index contributed by atoms with van der Waals surface area (Å²) in [6.45, 7) is 5.25. The lowest BCUT2D eigenvalue weighted by atomic mass is 10.0. The number of benzene rings is 2. The van der Waals surface area contributed by atoms with Crippen molar-refractivity contribution in [1.82, 2.24) is 14.1 Å². The molecule has 2 aromatic carbocycles. The molecule has 2 aromatic heterocycles. The zero-order chi connectivity index (χ0) is 22.4. The molecule has 0 unspecified atom stereocenters. The third-order valence-corrected chi connectivity index (χ3v) is 6.42. The van der Waals surface area contributed by atoms with Gasteiger partial charge in [0.1, 0.15) is 5.82 Å². The Balaban J connectivity index is 1.78. The Kier molecular flexibility index (Phi) is 5.15. The zero-order valence-electron chi connectivity index (χ0n) is 17.2. The van der Waals surface area contributed by atoms with Crippen LogP contribution < -0.4 is 4.72 Å². The number of hydrogen-bond donors (Lipinski definition) is 1. The molecule has 0 spiro atoms. The first kappa shape index (κ1) is 21.1. The first-order valence-corrected chi connectivity index (χ1v) is 11.1. The standard InChI is InChI=1S/C23H21F2N3O2S/c1-23(2,3)27-31(29,30)21-9-5-4-7-16(21)15-10-11-17(19(25)13-15)20-14-28-12-6-8-18(24)22(28)26-20/h4-14,27H,1-3H3. The van der Waals surface area contributed by atoms with Crippen molar-refractivity contribution in [3.8, 4) is 22.4 Å². The number of hydrogen-bond acceptors (Lipinski definition) is 3. The number of fused-ring (bicyclic) bond motifs is 1. The molecule has 0 aliphatic rings. The van der Waals surface area contributed by atoms with E-state index in [-0.39, 0.29) is 21.8 Å². The Morgan fingerprint density at radius 1 is 0.935 bits per heavy atom. The van der Waals surface area contributed by atoms with Crippen LogP contribution in [0.25, 0.3) is 28.0 Å². The second-order valence-corrected chi connectivity index (χ2v) is 9.91. The Labute approximate surface area is 179 Å². The number of sulfonamides is 1. The van der Waals surface area contributed by atoms with Crippen molar-refractivity contribution in [2.24, 2.45) is 0 Å². The van der Waals surface area contributed by atoms with Crippen LogP contribution in [0.3, 0.4) is 0 Å². The normalized spacial score (nSPS) is 12.4. The van der Waals surface area contributed by atoms with Gasteiger partial charge >= 0.3 is 0 Å². The van der Waals surface area contributed by atoms with Crippen LogP contribution in [0.2, 0.25) is 0 Å². The molecule has 0 aliphatic heterocycles. The molecule has 1 N–H and O–H groups in total. The van der Waals surface area contributed by atoms with Crippen LogP contribution in [0.4, 0.5) is 8.78 Å². The van der Waals surface area contributed by atoms with Gasteiger partial charge in [-0.1, -0.05) is 24.3 Å². The highest BCUT2D eigenvalue weighted by Crippen LogP contribution is 2.32. The predicted octanol–water partition coefficient (Wildman–Crippen LogP) is 5.02. The van der Waals surface area contributed by atoms with Crippen LogP contribution in [-0.2, 0) is 10.0 Å². The Bertz CT molecular complexity index is 1390. The van der Waals surface area contributed by atoms with Gasteiger partial charge in [0.25, 0.3) is 0 Å². The van der Waals surface area contributed by atoms with Gasteiger partial charge < -0.3 is 4.40 Å². The predicted molar refractivity (Wildman–Crippen MR) is 116 cm³/mol. The van der Waals surface area contributed by atoms with E-state index in [1.54, 1.807) is 57.4 Å². The summed E-state index contributed by atoms with van der Waals surface area (Å²) in [6, 6.07) is 13.7. The summed E-state index contributed by atoms with van der Waals surface area (Å²) in [5.41, 5.74) is 0.700. The van der Waals surface area contributed by atoms with Gasteiger partial charge in [-0.2, -0.15) is 0 Å². The average Bonchev–Trinajstić information content (AvgIpc) is 3.11. The van der Waals surface area contributed by atoms with Crippen molar-refractivity contribution >= 4 is 15.7 Å². The lowest BCUT2D eigenvalue weighted by Gasteiger charge is -2.21. The van der Waals surface area contributed by atoms with E-state index in [4.69, 9.17) is 0 Å². The van der Waals surface area contributed by atoms with Crippen molar-refractivity contribution in [3.63, 3.8) is 0 Å². The number of aromatic nitrogens is 2. The maximum Gasteiger partial charge on any atom is 0.241 e. The van der Waals surface area contributed by atoms with E-state index in [1.807, 2.05) is 0 Å². The fourth-order valence-electron chi connectivity index (χ4n) is 3.40. The van der Waals surface area contributed by atoms with Crippen LogP contribution in [0.5, 0.6) is 0 Å². The minimum Gasteiger partial charge on any atom is -0.304 e. The number of pyridine rings is 1. The number of imidazole rings is 1. The molecule has 31 heavy (non-hydrogen) atoms. The van der Waals surface area contributed by atoms with Gasteiger partial charge in [-0.15, -0.1) is 0 Å². The summed E-state index contributed by atoms with van der Waals surface area (Å²) in [5, 5.41) is 0. The fourth-order valence-corrected chi connectivity index (χ4v) is 5.05. The lowest BCUT2D eigenvalue weighted by Crippen LogP contribution is -2.40. The molecular weight excluding hydrogens is 420 g/mol. The average molecular weight is 442 g/mol. The number of nitrogens with one attached hydrogen (secondary N) is 1. The first-order valence-electron chi connectivity index (χ1n) is 9.62. The molecule has 0 saturated carbocycles. The van der Waals surface area contributed by atoms with Crippen molar-refractivity contribution < 1.29 is 17.2 Å². The van der Waals surface area contributed by atoms with Gasteiger partial charge in [0, 0.05) is 29.1 Å². The Hall–Kier alpha value is -3.10. The van der Waals surface area contributed by atoms with E-state index >= 15 is 4.39 Å². The summed E-state index contributed by atoms with van der Waals surface area (Å²) >= 11 is 0. The van der Waals surface area contributed by atoms with Crippen LogP contribution in [0, 0.1) is 11.6 Å². The number of halogens is 2. The molecule has 0 aliphatic carbocycles. The SMILES string of the molecule is CC(C)(C)NS(=O)(=O)c1ccccc1-c1ccc(-c2cn3cccc(F)c3n2)c(F)c1. The van der Waals surface area contributed by atoms with E-state index < -0.39 is 27.2 Å². The highest BCUT2D eigenvalue weighted by molar-refractivity contribution is 7.89. The van der Waals surface area contributed by atoms with Crippen molar-refractivity contribution in [2.75, 3.05) is 0 Å². The molecule has 0 bridgehead atoms. The van der Waals surface area contributed by atoms with E-state index in [0.29, 0.717) is 11.1 Å². The maximum absolute atomic E-state index is 15.0. The van der Waals surface area contributed by atoms with Gasteiger partial charge in [-0.25, -0.2) is 26.9 Å². The number of rotatable bonds is 4. The van der Waals surface area contributed by atoms with Gasteiger partial charge in [-0.3, -0.25) is 0 Å². The molecule has 0 radical (unpaired) electrons. The molecule has 4 aromatic rings. The molecular formula is C23H21F2N3O2S. The van der Waals surface area contributed by atoms with Crippen molar-refractivity contribution in [3.05, 3.63) is 78.6 Å². The summed E-state index contributed by atoms with van der Waals surface area (Å²) in [7, 11) is -3.82. The lowest BCUT2D eigenvalue weighted by molar-refractivity contribution is 0.491. The smallest absolute Gasteiger partial charge is 0.241 e. The second kappa shape index (κ2) is 7.55. The molecule has 0 fully saturated rings. The summed E-state index contributed by atoms with van der Waals surface area (Å²) < 4.78 is 58.9. The quantitative estimate of drug-likeness (QED) is 0.484. The summed E-state index contributed by atoms with van der Waals surface area (Å²) in [5.74, 6) is -1.09. The molecule has 5 nitrogen and oxygen atoms in total.